The lowest BCUT2D eigenvalue weighted by Crippen LogP contribution is -2.46. The summed E-state index contributed by atoms with van der Waals surface area (Å²) in [6.45, 7) is 2.08. The summed E-state index contributed by atoms with van der Waals surface area (Å²) in [6.07, 6.45) is 6.53. The van der Waals surface area contributed by atoms with Gasteiger partial charge in [0.15, 0.2) is 0 Å². The molecule has 17 heavy (non-hydrogen) atoms. The van der Waals surface area contributed by atoms with Crippen LogP contribution in [-0.4, -0.2) is 38.1 Å². The first-order valence-electron chi connectivity index (χ1n) is 6.98. The average Bonchev–Trinajstić information content (AvgIpc) is 2.40. The summed E-state index contributed by atoms with van der Waals surface area (Å²) in [6, 6.07) is 1.03. The molecule has 1 saturated heterocycles. The van der Waals surface area contributed by atoms with Crippen molar-refractivity contribution in [3.05, 3.63) is 0 Å². The van der Waals surface area contributed by atoms with E-state index in [2.05, 4.69) is 16.0 Å². The SMILES string of the molecule is CNC1CCC(C(=O)NC2CCNCC2)CC1. The zero-order chi connectivity index (χ0) is 12.1. The lowest BCUT2D eigenvalue weighted by atomic mass is 9.85. The van der Waals surface area contributed by atoms with Gasteiger partial charge in [0, 0.05) is 18.0 Å². The number of carbonyl (C=O) groups is 1. The van der Waals surface area contributed by atoms with E-state index >= 15 is 0 Å². The number of carbonyl (C=O) groups excluding carboxylic acids is 1. The highest BCUT2D eigenvalue weighted by molar-refractivity contribution is 5.79. The van der Waals surface area contributed by atoms with E-state index in [0.717, 1.165) is 51.6 Å². The van der Waals surface area contributed by atoms with Gasteiger partial charge >= 0.3 is 0 Å². The van der Waals surface area contributed by atoms with Crippen LogP contribution in [0.15, 0.2) is 0 Å². The molecule has 0 bridgehead atoms. The normalized spacial score (nSPS) is 31.1. The Balaban J connectivity index is 1.72. The van der Waals surface area contributed by atoms with Crippen molar-refractivity contribution in [2.45, 2.75) is 50.6 Å². The van der Waals surface area contributed by atoms with Gasteiger partial charge in [0.05, 0.1) is 0 Å². The topological polar surface area (TPSA) is 53.2 Å². The molecule has 1 amide bonds. The van der Waals surface area contributed by atoms with Gasteiger partial charge in [-0.3, -0.25) is 4.79 Å². The molecule has 0 aromatic carbocycles. The van der Waals surface area contributed by atoms with E-state index in [1.165, 1.54) is 0 Å². The third-order valence-electron chi connectivity index (χ3n) is 4.19. The van der Waals surface area contributed by atoms with Crippen LogP contribution in [0.25, 0.3) is 0 Å². The molecule has 0 unspecified atom stereocenters. The van der Waals surface area contributed by atoms with Crippen molar-refractivity contribution in [3.8, 4) is 0 Å². The van der Waals surface area contributed by atoms with E-state index in [0.29, 0.717) is 18.0 Å². The lowest BCUT2D eigenvalue weighted by molar-refractivity contribution is -0.126. The van der Waals surface area contributed by atoms with Crippen LogP contribution >= 0.6 is 0 Å². The molecule has 0 atom stereocenters. The van der Waals surface area contributed by atoms with Crippen LogP contribution < -0.4 is 16.0 Å². The van der Waals surface area contributed by atoms with Crippen molar-refractivity contribution in [3.63, 3.8) is 0 Å². The van der Waals surface area contributed by atoms with Crippen LogP contribution in [-0.2, 0) is 4.79 Å². The monoisotopic (exact) mass is 239 g/mol. The molecular formula is C13H25N3O. The Bertz CT molecular complexity index is 243. The van der Waals surface area contributed by atoms with Crippen molar-refractivity contribution in [2.24, 2.45) is 5.92 Å². The first-order chi connectivity index (χ1) is 8.29. The minimum Gasteiger partial charge on any atom is -0.353 e. The zero-order valence-electron chi connectivity index (χ0n) is 10.8. The molecule has 4 heteroatoms. The van der Waals surface area contributed by atoms with E-state index in [9.17, 15) is 4.79 Å². The Morgan fingerprint density at radius 2 is 1.65 bits per heavy atom. The van der Waals surface area contributed by atoms with Gasteiger partial charge in [-0.2, -0.15) is 0 Å². The Labute approximate surface area is 104 Å². The molecule has 2 rings (SSSR count). The fourth-order valence-corrected chi connectivity index (χ4v) is 2.93. The van der Waals surface area contributed by atoms with Crippen LogP contribution in [0.5, 0.6) is 0 Å². The summed E-state index contributed by atoms with van der Waals surface area (Å²) in [7, 11) is 2.01. The van der Waals surface area contributed by atoms with Crippen LogP contribution in [0, 0.1) is 5.92 Å². The average molecular weight is 239 g/mol. The molecule has 0 radical (unpaired) electrons. The number of hydrogen-bond donors (Lipinski definition) is 3. The molecule has 3 N–H and O–H groups in total. The predicted octanol–water partition coefficient (Wildman–Crippen LogP) is 0.633. The molecule has 98 valence electrons. The molecular weight excluding hydrogens is 214 g/mol. The molecule has 4 nitrogen and oxygen atoms in total. The standard InChI is InChI=1S/C13H25N3O/c1-14-11-4-2-10(3-5-11)13(17)16-12-6-8-15-9-7-12/h10-12,14-15H,2-9H2,1H3,(H,16,17). The Morgan fingerprint density at radius 1 is 1.00 bits per heavy atom. The second-order valence-electron chi connectivity index (χ2n) is 5.37. The highest BCUT2D eigenvalue weighted by Gasteiger charge is 2.27. The van der Waals surface area contributed by atoms with Crippen molar-refractivity contribution in [2.75, 3.05) is 20.1 Å². The van der Waals surface area contributed by atoms with Crippen molar-refractivity contribution < 1.29 is 4.79 Å². The lowest BCUT2D eigenvalue weighted by Gasteiger charge is -2.30. The first kappa shape index (κ1) is 12.8. The minimum absolute atomic E-state index is 0.259. The summed E-state index contributed by atoms with van der Waals surface area (Å²) >= 11 is 0. The van der Waals surface area contributed by atoms with E-state index in [-0.39, 0.29) is 5.92 Å². The zero-order valence-corrected chi connectivity index (χ0v) is 10.8. The van der Waals surface area contributed by atoms with Gasteiger partial charge in [0.25, 0.3) is 0 Å². The van der Waals surface area contributed by atoms with Crippen molar-refractivity contribution in [1.82, 2.24) is 16.0 Å². The summed E-state index contributed by atoms with van der Waals surface area (Å²) in [5.74, 6) is 0.556. The molecule has 0 aromatic rings. The predicted molar refractivity (Wildman–Crippen MR) is 68.8 cm³/mol. The molecule has 1 aliphatic heterocycles. The minimum atomic E-state index is 0.259. The largest absolute Gasteiger partial charge is 0.353 e. The molecule has 0 spiro atoms. The van der Waals surface area contributed by atoms with Gasteiger partial charge in [-0.25, -0.2) is 0 Å². The molecule has 2 fully saturated rings. The van der Waals surface area contributed by atoms with E-state index in [1.54, 1.807) is 0 Å². The third-order valence-corrected chi connectivity index (χ3v) is 4.19. The van der Waals surface area contributed by atoms with Gasteiger partial charge < -0.3 is 16.0 Å². The Morgan fingerprint density at radius 3 is 2.24 bits per heavy atom. The quantitative estimate of drug-likeness (QED) is 0.677. The number of hydrogen-bond acceptors (Lipinski definition) is 3. The fourth-order valence-electron chi connectivity index (χ4n) is 2.93. The number of piperidine rings is 1. The molecule has 1 heterocycles. The maximum absolute atomic E-state index is 12.1. The number of rotatable bonds is 3. The van der Waals surface area contributed by atoms with E-state index < -0.39 is 0 Å². The summed E-state index contributed by atoms with van der Waals surface area (Å²) in [4.78, 5) is 12.1. The van der Waals surface area contributed by atoms with Gasteiger partial charge in [-0.1, -0.05) is 0 Å². The molecule has 0 aromatic heterocycles. The molecule has 2 aliphatic rings. The summed E-state index contributed by atoms with van der Waals surface area (Å²) in [5.41, 5.74) is 0. The van der Waals surface area contributed by atoms with Gasteiger partial charge in [-0.05, 0) is 58.7 Å². The fraction of sp³-hybridized carbons (Fsp3) is 0.923. The van der Waals surface area contributed by atoms with Gasteiger partial charge in [0.1, 0.15) is 0 Å². The van der Waals surface area contributed by atoms with Gasteiger partial charge in [-0.15, -0.1) is 0 Å². The van der Waals surface area contributed by atoms with Crippen molar-refractivity contribution in [1.29, 1.82) is 0 Å². The molecule has 1 saturated carbocycles. The van der Waals surface area contributed by atoms with Gasteiger partial charge in [0.2, 0.25) is 5.91 Å². The maximum atomic E-state index is 12.1. The summed E-state index contributed by atoms with van der Waals surface area (Å²) in [5, 5.41) is 9.85. The molecule has 1 aliphatic carbocycles. The Kier molecular flexibility index (Phi) is 4.80. The van der Waals surface area contributed by atoms with E-state index in [4.69, 9.17) is 0 Å². The van der Waals surface area contributed by atoms with Crippen LogP contribution in [0.4, 0.5) is 0 Å². The van der Waals surface area contributed by atoms with Crippen LogP contribution in [0.3, 0.4) is 0 Å². The first-order valence-corrected chi connectivity index (χ1v) is 6.98. The highest BCUT2D eigenvalue weighted by Crippen LogP contribution is 2.24. The van der Waals surface area contributed by atoms with Crippen LogP contribution in [0.1, 0.15) is 38.5 Å². The maximum Gasteiger partial charge on any atom is 0.223 e. The summed E-state index contributed by atoms with van der Waals surface area (Å²) < 4.78 is 0. The van der Waals surface area contributed by atoms with Crippen molar-refractivity contribution >= 4 is 5.91 Å². The third kappa shape index (κ3) is 3.68. The van der Waals surface area contributed by atoms with E-state index in [1.807, 2.05) is 7.05 Å². The number of amides is 1. The Hall–Kier alpha value is -0.610. The smallest absolute Gasteiger partial charge is 0.223 e. The van der Waals surface area contributed by atoms with Crippen LogP contribution in [0.2, 0.25) is 0 Å². The highest BCUT2D eigenvalue weighted by atomic mass is 16.1. The second kappa shape index (κ2) is 6.36. The number of nitrogens with one attached hydrogen (secondary N) is 3. The second-order valence-corrected chi connectivity index (χ2v) is 5.37.